The molecule has 2 rings (SSSR count). The maximum absolute atomic E-state index is 4.02. The molecular weight excluding hydrogens is 276 g/mol. The third-order valence-electron chi connectivity index (χ3n) is 2.76. The molecule has 1 aromatic carbocycles. The first-order valence-corrected chi connectivity index (χ1v) is 6.43. The summed E-state index contributed by atoms with van der Waals surface area (Å²) in [6, 6.07) is 12.7. The Morgan fingerprint density at radius 3 is 2.59 bits per heavy atom. The molecule has 0 amide bonds. The van der Waals surface area contributed by atoms with Crippen molar-refractivity contribution in [3.05, 3.63) is 64.4 Å². The van der Waals surface area contributed by atoms with Crippen molar-refractivity contribution < 1.29 is 0 Å². The van der Waals surface area contributed by atoms with Gasteiger partial charge < -0.3 is 5.32 Å². The van der Waals surface area contributed by atoms with Gasteiger partial charge in [0.25, 0.3) is 0 Å². The van der Waals surface area contributed by atoms with E-state index in [2.05, 4.69) is 51.4 Å². The Balaban J connectivity index is 1.97. The van der Waals surface area contributed by atoms with Gasteiger partial charge in [0.1, 0.15) is 0 Å². The summed E-state index contributed by atoms with van der Waals surface area (Å²) in [5, 5.41) is 3.50. The molecule has 0 saturated carbocycles. The Morgan fingerprint density at radius 1 is 1.18 bits per heavy atom. The molecule has 2 aromatic rings. The molecule has 0 aliphatic carbocycles. The maximum atomic E-state index is 4.02. The van der Waals surface area contributed by atoms with Gasteiger partial charge in [0.05, 0.1) is 0 Å². The minimum absolute atomic E-state index is 0.324. The lowest BCUT2D eigenvalue weighted by Crippen LogP contribution is -2.18. The summed E-state index contributed by atoms with van der Waals surface area (Å²) >= 11 is 3.55. The number of halogens is 1. The molecule has 2 nitrogen and oxygen atoms in total. The lowest BCUT2D eigenvalue weighted by atomic mass is 10.1. The molecule has 0 bridgehead atoms. The van der Waals surface area contributed by atoms with E-state index in [1.165, 1.54) is 11.1 Å². The number of hydrogen-bond acceptors (Lipinski definition) is 2. The molecule has 3 heteroatoms. The Kier molecular flexibility index (Phi) is 4.29. The molecule has 1 aromatic heterocycles. The first-order valence-electron chi connectivity index (χ1n) is 5.64. The van der Waals surface area contributed by atoms with Gasteiger partial charge in [-0.3, -0.25) is 4.98 Å². The van der Waals surface area contributed by atoms with Gasteiger partial charge in [0, 0.05) is 29.5 Å². The number of nitrogens with one attached hydrogen (secondary N) is 1. The fourth-order valence-corrected chi connectivity index (χ4v) is 2.10. The standard InChI is InChI=1S/C14H15BrN2/c1-11(12-6-8-16-9-7-12)17-10-13-4-2-3-5-14(13)15/h2-9,11,17H,10H2,1H3/t11-/m0/s1. The van der Waals surface area contributed by atoms with Crippen molar-refractivity contribution in [1.82, 2.24) is 10.3 Å². The van der Waals surface area contributed by atoms with Gasteiger partial charge in [-0.15, -0.1) is 0 Å². The molecular formula is C14H15BrN2. The van der Waals surface area contributed by atoms with E-state index in [9.17, 15) is 0 Å². The summed E-state index contributed by atoms with van der Waals surface area (Å²) in [6.07, 6.45) is 3.65. The molecule has 0 fully saturated rings. The molecule has 1 heterocycles. The molecule has 0 aliphatic heterocycles. The molecule has 1 atom stereocenters. The number of hydrogen-bond donors (Lipinski definition) is 1. The number of pyridine rings is 1. The van der Waals surface area contributed by atoms with Crippen molar-refractivity contribution in [3.8, 4) is 0 Å². The number of nitrogens with zero attached hydrogens (tertiary/aromatic N) is 1. The predicted molar refractivity (Wildman–Crippen MR) is 73.6 cm³/mol. The Morgan fingerprint density at radius 2 is 1.88 bits per heavy atom. The zero-order chi connectivity index (χ0) is 12.1. The highest BCUT2D eigenvalue weighted by Crippen LogP contribution is 2.17. The van der Waals surface area contributed by atoms with Gasteiger partial charge in [-0.1, -0.05) is 34.1 Å². The highest BCUT2D eigenvalue weighted by Gasteiger charge is 2.05. The molecule has 0 radical (unpaired) electrons. The normalized spacial score (nSPS) is 12.4. The maximum Gasteiger partial charge on any atom is 0.0296 e. The number of aromatic nitrogens is 1. The van der Waals surface area contributed by atoms with Crippen LogP contribution in [0.5, 0.6) is 0 Å². The van der Waals surface area contributed by atoms with E-state index >= 15 is 0 Å². The molecule has 88 valence electrons. The van der Waals surface area contributed by atoms with Gasteiger partial charge in [-0.05, 0) is 36.2 Å². The topological polar surface area (TPSA) is 24.9 Å². The zero-order valence-electron chi connectivity index (χ0n) is 9.73. The molecule has 0 unspecified atom stereocenters. The third-order valence-corrected chi connectivity index (χ3v) is 3.54. The van der Waals surface area contributed by atoms with Gasteiger partial charge >= 0.3 is 0 Å². The van der Waals surface area contributed by atoms with E-state index in [-0.39, 0.29) is 0 Å². The minimum Gasteiger partial charge on any atom is -0.306 e. The van der Waals surface area contributed by atoms with Crippen LogP contribution in [-0.4, -0.2) is 4.98 Å². The van der Waals surface area contributed by atoms with Crippen molar-refractivity contribution in [2.45, 2.75) is 19.5 Å². The highest BCUT2D eigenvalue weighted by atomic mass is 79.9. The number of rotatable bonds is 4. The van der Waals surface area contributed by atoms with Crippen LogP contribution < -0.4 is 5.32 Å². The van der Waals surface area contributed by atoms with Crippen LogP contribution in [0.3, 0.4) is 0 Å². The van der Waals surface area contributed by atoms with Crippen LogP contribution in [0, 0.1) is 0 Å². The fraction of sp³-hybridized carbons (Fsp3) is 0.214. The van der Waals surface area contributed by atoms with Crippen LogP contribution >= 0.6 is 15.9 Å². The summed E-state index contributed by atoms with van der Waals surface area (Å²) in [4.78, 5) is 4.02. The average Bonchev–Trinajstić information content (AvgIpc) is 2.38. The summed E-state index contributed by atoms with van der Waals surface area (Å²) in [6.45, 7) is 3.01. The summed E-state index contributed by atoms with van der Waals surface area (Å²) in [5.41, 5.74) is 2.53. The lowest BCUT2D eigenvalue weighted by molar-refractivity contribution is 0.573. The number of benzene rings is 1. The Bertz CT molecular complexity index is 471. The highest BCUT2D eigenvalue weighted by molar-refractivity contribution is 9.10. The van der Waals surface area contributed by atoms with Crippen LogP contribution in [0.2, 0.25) is 0 Å². The fourth-order valence-electron chi connectivity index (χ4n) is 1.67. The summed E-state index contributed by atoms with van der Waals surface area (Å²) in [7, 11) is 0. The Hall–Kier alpha value is -1.19. The molecule has 0 saturated heterocycles. The predicted octanol–water partition coefficient (Wildman–Crippen LogP) is 3.69. The van der Waals surface area contributed by atoms with E-state index in [0.29, 0.717) is 6.04 Å². The second-order valence-corrected chi connectivity index (χ2v) is 4.83. The first-order chi connectivity index (χ1) is 8.27. The van der Waals surface area contributed by atoms with Crippen molar-refractivity contribution in [1.29, 1.82) is 0 Å². The largest absolute Gasteiger partial charge is 0.306 e. The van der Waals surface area contributed by atoms with Crippen molar-refractivity contribution in [3.63, 3.8) is 0 Å². The smallest absolute Gasteiger partial charge is 0.0296 e. The van der Waals surface area contributed by atoms with Crippen LogP contribution in [0.4, 0.5) is 0 Å². The van der Waals surface area contributed by atoms with Crippen LogP contribution in [0.15, 0.2) is 53.3 Å². The molecule has 17 heavy (non-hydrogen) atoms. The Labute approximate surface area is 110 Å². The lowest BCUT2D eigenvalue weighted by Gasteiger charge is -2.14. The second kappa shape index (κ2) is 5.94. The van der Waals surface area contributed by atoms with E-state index in [4.69, 9.17) is 0 Å². The van der Waals surface area contributed by atoms with Crippen molar-refractivity contribution in [2.75, 3.05) is 0 Å². The van der Waals surface area contributed by atoms with Crippen LogP contribution in [0.25, 0.3) is 0 Å². The van der Waals surface area contributed by atoms with Crippen LogP contribution in [-0.2, 0) is 6.54 Å². The van der Waals surface area contributed by atoms with E-state index in [1.807, 2.05) is 30.6 Å². The van der Waals surface area contributed by atoms with Gasteiger partial charge in [0.15, 0.2) is 0 Å². The van der Waals surface area contributed by atoms with E-state index < -0.39 is 0 Å². The molecule has 0 aliphatic rings. The van der Waals surface area contributed by atoms with Gasteiger partial charge in [-0.2, -0.15) is 0 Å². The second-order valence-electron chi connectivity index (χ2n) is 3.97. The van der Waals surface area contributed by atoms with Gasteiger partial charge in [-0.25, -0.2) is 0 Å². The minimum atomic E-state index is 0.324. The first kappa shape index (κ1) is 12.3. The molecule has 1 N–H and O–H groups in total. The summed E-state index contributed by atoms with van der Waals surface area (Å²) < 4.78 is 1.15. The van der Waals surface area contributed by atoms with Crippen molar-refractivity contribution >= 4 is 15.9 Å². The van der Waals surface area contributed by atoms with Crippen molar-refractivity contribution in [2.24, 2.45) is 0 Å². The van der Waals surface area contributed by atoms with E-state index in [1.54, 1.807) is 0 Å². The van der Waals surface area contributed by atoms with E-state index in [0.717, 1.165) is 11.0 Å². The zero-order valence-corrected chi connectivity index (χ0v) is 11.3. The third kappa shape index (κ3) is 3.38. The molecule has 0 spiro atoms. The average molecular weight is 291 g/mol. The van der Waals surface area contributed by atoms with Crippen LogP contribution in [0.1, 0.15) is 24.1 Å². The van der Waals surface area contributed by atoms with Gasteiger partial charge in [0.2, 0.25) is 0 Å². The monoisotopic (exact) mass is 290 g/mol. The quantitative estimate of drug-likeness (QED) is 0.929. The summed E-state index contributed by atoms with van der Waals surface area (Å²) in [5.74, 6) is 0. The SMILES string of the molecule is C[C@H](NCc1ccccc1Br)c1ccncc1.